The minimum absolute atomic E-state index is 0.260. The third-order valence-electron chi connectivity index (χ3n) is 5.26. The van der Waals surface area contributed by atoms with Gasteiger partial charge in [-0.05, 0) is 12.1 Å². The lowest BCUT2D eigenvalue weighted by atomic mass is 10.1. The predicted octanol–water partition coefficient (Wildman–Crippen LogP) is 2.85. The molecular weight excluding hydrogens is 408 g/mol. The maximum Gasteiger partial charge on any atom is 0.299 e. The summed E-state index contributed by atoms with van der Waals surface area (Å²) in [5.74, 6) is 1.72. The van der Waals surface area contributed by atoms with Gasteiger partial charge in [0.25, 0.3) is 11.4 Å². The van der Waals surface area contributed by atoms with Crippen molar-refractivity contribution in [2.24, 2.45) is 0 Å². The largest absolute Gasteiger partial charge is 0.493 e. The van der Waals surface area contributed by atoms with Gasteiger partial charge in [0, 0.05) is 44.4 Å². The van der Waals surface area contributed by atoms with Crippen LogP contribution in [0.3, 0.4) is 0 Å². The molecule has 0 bridgehead atoms. The van der Waals surface area contributed by atoms with Crippen molar-refractivity contribution in [3.05, 3.63) is 56.1 Å². The van der Waals surface area contributed by atoms with Crippen LogP contribution in [-0.4, -0.2) is 62.3 Å². The van der Waals surface area contributed by atoms with Crippen molar-refractivity contribution in [1.82, 2.24) is 4.90 Å². The third-order valence-corrected chi connectivity index (χ3v) is 5.26. The molecule has 31 heavy (non-hydrogen) atoms. The Labute approximate surface area is 179 Å². The molecule has 11 heteroatoms. The molecule has 1 aliphatic heterocycles. The van der Waals surface area contributed by atoms with Gasteiger partial charge >= 0.3 is 0 Å². The zero-order valence-electron chi connectivity index (χ0n) is 17.6. The van der Waals surface area contributed by atoms with Gasteiger partial charge in [-0.25, -0.2) is 0 Å². The number of benzene rings is 2. The van der Waals surface area contributed by atoms with Crippen molar-refractivity contribution in [3.63, 3.8) is 0 Å². The highest BCUT2D eigenvalue weighted by molar-refractivity contribution is 5.67. The molecule has 1 fully saturated rings. The van der Waals surface area contributed by atoms with E-state index in [9.17, 15) is 20.2 Å². The second-order valence-corrected chi connectivity index (χ2v) is 6.94. The summed E-state index contributed by atoms with van der Waals surface area (Å²) in [5, 5.41) is 22.4. The molecule has 0 aromatic heterocycles. The van der Waals surface area contributed by atoms with Crippen LogP contribution < -0.4 is 19.1 Å². The van der Waals surface area contributed by atoms with E-state index in [1.165, 1.54) is 12.1 Å². The molecule has 2 aromatic rings. The molecule has 0 N–H and O–H groups in total. The van der Waals surface area contributed by atoms with Crippen molar-refractivity contribution >= 4 is 17.1 Å². The molecule has 0 spiro atoms. The number of nitro groups is 2. The minimum Gasteiger partial charge on any atom is -0.493 e. The first-order valence-corrected chi connectivity index (χ1v) is 9.57. The number of hydrogen-bond acceptors (Lipinski definition) is 9. The molecule has 0 atom stereocenters. The Morgan fingerprint density at radius 3 is 2.10 bits per heavy atom. The number of ether oxygens (including phenoxy) is 3. The van der Waals surface area contributed by atoms with Crippen LogP contribution in [0.2, 0.25) is 0 Å². The molecule has 0 amide bonds. The van der Waals surface area contributed by atoms with Crippen LogP contribution in [0.5, 0.6) is 17.2 Å². The van der Waals surface area contributed by atoms with Crippen molar-refractivity contribution in [2.45, 2.75) is 6.54 Å². The lowest BCUT2D eigenvalue weighted by molar-refractivity contribution is -0.393. The monoisotopic (exact) mass is 432 g/mol. The van der Waals surface area contributed by atoms with Gasteiger partial charge in [0.05, 0.1) is 37.2 Å². The van der Waals surface area contributed by atoms with Crippen LogP contribution in [0.1, 0.15) is 5.56 Å². The lowest BCUT2D eigenvalue weighted by Crippen LogP contribution is -2.46. The number of piperazine rings is 1. The topological polar surface area (TPSA) is 120 Å². The average Bonchev–Trinajstić information content (AvgIpc) is 2.78. The van der Waals surface area contributed by atoms with Gasteiger partial charge in [0.2, 0.25) is 5.75 Å². The molecule has 1 saturated heterocycles. The molecule has 11 nitrogen and oxygen atoms in total. The van der Waals surface area contributed by atoms with Crippen molar-refractivity contribution in [2.75, 3.05) is 52.4 Å². The van der Waals surface area contributed by atoms with Gasteiger partial charge < -0.3 is 19.1 Å². The highest BCUT2D eigenvalue weighted by atomic mass is 16.6. The van der Waals surface area contributed by atoms with E-state index in [4.69, 9.17) is 14.2 Å². The van der Waals surface area contributed by atoms with Crippen LogP contribution in [0, 0.1) is 20.2 Å². The van der Waals surface area contributed by atoms with Gasteiger partial charge in [0.15, 0.2) is 11.5 Å². The molecular formula is C20H24N4O7. The maximum atomic E-state index is 11.4. The molecule has 0 aliphatic carbocycles. The van der Waals surface area contributed by atoms with E-state index in [1.54, 1.807) is 21.3 Å². The number of non-ortho nitro benzene ring substituents is 1. The van der Waals surface area contributed by atoms with Gasteiger partial charge in [-0.3, -0.25) is 25.1 Å². The van der Waals surface area contributed by atoms with E-state index in [1.807, 2.05) is 17.0 Å². The molecule has 3 rings (SSSR count). The lowest BCUT2D eigenvalue weighted by Gasteiger charge is -2.36. The summed E-state index contributed by atoms with van der Waals surface area (Å²) in [6, 6.07) is 7.50. The quantitative estimate of drug-likeness (QED) is 0.458. The zero-order chi connectivity index (χ0) is 22.5. The Bertz CT molecular complexity index is 974. The summed E-state index contributed by atoms with van der Waals surface area (Å²) >= 11 is 0. The smallest absolute Gasteiger partial charge is 0.299 e. The van der Waals surface area contributed by atoms with E-state index in [0.29, 0.717) is 55.7 Å². The molecule has 1 aliphatic rings. The van der Waals surface area contributed by atoms with Crippen LogP contribution >= 0.6 is 0 Å². The maximum absolute atomic E-state index is 11.4. The average molecular weight is 432 g/mol. The Morgan fingerprint density at radius 2 is 1.55 bits per heavy atom. The van der Waals surface area contributed by atoms with Crippen LogP contribution in [-0.2, 0) is 6.54 Å². The van der Waals surface area contributed by atoms with Crippen LogP contribution in [0.25, 0.3) is 0 Å². The number of hydrogen-bond donors (Lipinski definition) is 0. The minimum atomic E-state index is -0.634. The van der Waals surface area contributed by atoms with E-state index in [0.717, 1.165) is 11.6 Å². The van der Waals surface area contributed by atoms with E-state index < -0.39 is 9.85 Å². The number of anilines is 1. The number of nitrogens with zero attached hydrogens (tertiary/aromatic N) is 4. The Hall–Kier alpha value is -3.60. The number of methoxy groups -OCH3 is 3. The molecule has 1 heterocycles. The summed E-state index contributed by atoms with van der Waals surface area (Å²) < 4.78 is 16.3. The van der Waals surface area contributed by atoms with Gasteiger partial charge in [-0.2, -0.15) is 0 Å². The second-order valence-electron chi connectivity index (χ2n) is 6.94. The summed E-state index contributed by atoms with van der Waals surface area (Å²) in [6.07, 6.45) is 0. The highest BCUT2D eigenvalue weighted by Gasteiger charge is 2.27. The summed E-state index contributed by atoms with van der Waals surface area (Å²) in [6.45, 7) is 3.03. The van der Waals surface area contributed by atoms with Gasteiger partial charge in [-0.1, -0.05) is 6.07 Å². The fourth-order valence-electron chi connectivity index (χ4n) is 3.71. The van der Waals surface area contributed by atoms with E-state index in [-0.39, 0.29) is 11.4 Å². The summed E-state index contributed by atoms with van der Waals surface area (Å²) in [5.41, 5.74) is 0.771. The first-order chi connectivity index (χ1) is 14.9. The molecule has 0 saturated carbocycles. The van der Waals surface area contributed by atoms with Gasteiger partial charge in [0.1, 0.15) is 5.69 Å². The fourth-order valence-corrected chi connectivity index (χ4v) is 3.71. The normalized spacial score (nSPS) is 14.2. The zero-order valence-corrected chi connectivity index (χ0v) is 17.6. The Balaban J connectivity index is 1.74. The molecule has 2 aromatic carbocycles. The number of nitro benzene ring substituents is 2. The molecule has 0 unspecified atom stereocenters. The summed E-state index contributed by atoms with van der Waals surface area (Å²) in [4.78, 5) is 25.3. The second kappa shape index (κ2) is 9.47. The van der Waals surface area contributed by atoms with Gasteiger partial charge in [-0.15, -0.1) is 0 Å². The Kier molecular flexibility index (Phi) is 6.75. The fraction of sp³-hybridized carbons (Fsp3) is 0.400. The number of rotatable bonds is 8. The first kappa shape index (κ1) is 22.1. The molecule has 166 valence electrons. The van der Waals surface area contributed by atoms with E-state index >= 15 is 0 Å². The highest BCUT2D eigenvalue weighted by Crippen LogP contribution is 2.40. The predicted molar refractivity (Wildman–Crippen MR) is 113 cm³/mol. The first-order valence-electron chi connectivity index (χ1n) is 9.57. The third kappa shape index (κ3) is 4.61. The molecule has 0 radical (unpaired) electrons. The van der Waals surface area contributed by atoms with Crippen molar-refractivity contribution < 1.29 is 24.1 Å². The van der Waals surface area contributed by atoms with Crippen molar-refractivity contribution in [3.8, 4) is 17.2 Å². The van der Waals surface area contributed by atoms with E-state index in [2.05, 4.69) is 4.90 Å². The SMILES string of the molecule is COc1ccc(CN2CCN(c3ccc([N+](=O)[O-])cc3[N+](=O)[O-])CC2)c(OC)c1OC. The summed E-state index contributed by atoms with van der Waals surface area (Å²) in [7, 11) is 4.69. The van der Waals surface area contributed by atoms with Crippen LogP contribution in [0.4, 0.5) is 17.1 Å². The Morgan fingerprint density at radius 1 is 0.871 bits per heavy atom. The van der Waals surface area contributed by atoms with Crippen molar-refractivity contribution in [1.29, 1.82) is 0 Å². The standard InChI is InChI=1S/C20H24N4O7/c1-29-18-7-4-14(19(30-2)20(18)31-3)13-21-8-10-22(11-9-21)16-6-5-15(23(25)26)12-17(16)24(27)28/h4-7,12H,8-11,13H2,1-3H3. The van der Waals surface area contributed by atoms with Crippen LogP contribution in [0.15, 0.2) is 30.3 Å².